The maximum atomic E-state index is 12.1. The van der Waals surface area contributed by atoms with Crippen LogP contribution in [0.5, 0.6) is 0 Å². The van der Waals surface area contributed by atoms with E-state index in [0.29, 0.717) is 25.9 Å². The predicted octanol–water partition coefficient (Wildman–Crippen LogP) is 2.23. The van der Waals surface area contributed by atoms with Crippen LogP contribution >= 0.6 is 0 Å². The van der Waals surface area contributed by atoms with E-state index in [1.807, 2.05) is 20.8 Å². The lowest BCUT2D eigenvalue weighted by molar-refractivity contribution is -0.00279. The highest BCUT2D eigenvalue weighted by atomic mass is 16.6. The van der Waals surface area contributed by atoms with Gasteiger partial charge < -0.3 is 24.4 Å². The van der Waals surface area contributed by atoms with Crippen LogP contribution in [-0.2, 0) is 9.47 Å². The summed E-state index contributed by atoms with van der Waals surface area (Å²) in [6, 6.07) is -0.0624. The zero-order valence-corrected chi connectivity index (χ0v) is 15.1. The molecule has 0 aromatic carbocycles. The van der Waals surface area contributed by atoms with Gasteiger partial charge >= 0.3 is 12.2 Å². The van der Waals surface area contributed by atoms with E-state index in [4.69, 9.17) is 9.47 Å². The molecule has 0 aromatic heterocycles. The molecule has 1 fully saturated rings. The van der Waals surface area contributed by atoms with Crippen molar-refractivity contribution in [3.63, 3.8) is 0 Å². The molecule has 1 aliphatic heterocycles. The summed E-state index contributed by atoms with van der Waals surface area (Å²) >= 11 is 0. The number of amides is 2. The fourth-order valence-corrected chi connectivity index (χ4v) is 2.56. The molecule has 0 bridgehead atoms. The average Bonchev–Trinajstić information content (AvgIpc) is 2.41. The second-order valence-corrected chi connectivity index (χ2v) is 7.61. The molecule has 1 rings (SSSR count). The first-order chi connectivity index (χ1) is 10.4. The van der Waals surface area contributed by atoms with Gasteiger partial charge in [-0.05, 0) is 47.5 Å². The van der Waals surface area contributed by atoms with E-state index in [1.165, 1.54) is 7.11 Å². The summed E-state index contributed by atoms with van der Waals surface area (Å²) in [5.74, 6) is 0. The van der Waals surface area contributed by atoms with Crippen LogP contribution in [0.2, 0.25) is 0 Å². The van der Waals surface area contributed by atoms with Gasteiger partial charge in [0.15, 0.2) is 0 Å². The number of rotatable bonds is 3. The highest BCUT2D eigenvalue weighted by Gasteiger charge is 2.34. The first-order valence-corrected chi connectivity index (χ1v) is 7.98. The molecule has 0 radical (unpaired) electrons. The Bertz CT molecular complexity index is 417. The molecule has 7 heteroatoms. The standard InChI is InChI=1S/C16H30N2O5/c1-15(2,3)23-13(19)17-9-7-12(8-10-17)18(14(20)22-6)11-16(4,5)21/h12,21H,7-11H2,1-6H3. The molecule has 1 aliphatic rings. The molecule has 1 N–H and O–H groups in total. The number of carbonyl (C=O) groups is 2. The average molecular weight is 330 g/mol. The summed E-state index contributed by atoms with van der Waals surface area (Å²) < 4.78 is 10.2. The summed E-state index contributed by atoms with van der Waals surface area (Å²) in [5.41, 5.74) is -1.52. The summed E-state index contributed by atoms with van der Waals surface area (Å²) in [6.07, 6.45) is 0.473. The molecular formula is C16H30N2O5. The lowest BCUT2D eigenvalue weighted by Crippen LogP contribution is -2.53. The Morgan fingerprint density at radius 2 is 1.70 bits per heavy atom. The van der Waals surface area contributed by atoms with Gasteiger partial charge in [0.05, 0.1) is 19.3 Å². The minimum Gasteiger partial charge on any atom is -0.453 e. The quantitative estimate of drug-likeness (QED) is 0.858. The first kappa shape index (κ1) is 19.5. The van der Waals surface area contributed by atoms with Crippen molar-refractivity contribution in [1.82, 2.24) is 9.80 Å². The van der Waals surface area contributed by atoms with Crippen molar-refractivity contribution in [3.05, 3.63) is 0 Å². The second-order valence-electron chi connectivity index (χ2n) is 7.61. The van der Waals surface area contributed by atoms with Crippen LogP contribution in [-0.4, -0.2) is 71.1 Å². The Morgan fingerprint density at radius 3 is 2.09 bits per heavy atom. The van der Waals surface area contributed by atoms with Crippen molar-refractivity contribution in [2.75, 3.05) is 26.7 Å². The van der Waals surface area contributed by atoms with Crippen molar-refractivity contribution in [3.8, 4) is 0 Å². The van der Waals surface area contributed by atoms with E-state index in [2.05, 4.69) is 0 Å². The first-order valence-electron chi connectivity index (χ1n) is 7.98. The monoisotopic (exact) mass is 330 g/mol. The van der Waals surface area contributed by atoms with E-state index >= 15 is 0 Å². The smallest absolute Gasteiger partial charge is 0.410 e. The van der Waals surface area contributed by atoms with Crippen molar-refractivity contribution < 1.29 is 24.2 Å². The van der Waals surface area contributed by atoms with Crippen LogP contribution in [0.25, 0.3) is 0 Å². The number of hydrogen-bond donors (Lipinski definition) is 1. The van der Waals surface area contributed by atoms with Gasteiger partial charge in [0.1, 0.15) is 5.60 Å². The van der Waals surface area contributed by atoms with Gasteiger partial charge in [-0.25, -0.2) is 9.59 Å². The fraction of sp³-hybridized carbons (Fsp3) is 0.875. The van der Waals surface area contributed by atoms with E-state index < -0.39 is 17.3 Å². The van der Waals surface area contributed by atoms with E-state index in [9.17, 15) is 14.7 Å². The van der Waals surface area contributed by atoms with Crippen LogP contribution in [0.15, 0.2) is 0 Å². The SMILES string of the molecule is COC(=O)N(CC(C)(C)O)C1CCN(C(=O)OC(C)(C)C)CC1. The summed E-state index contributed by atoms with van der Waals surface area (Å²) in [5, 5.41) is 10.00. The third-order valence-corrected chi connectivity index (χ3v) is 3.52. The number of nitrogens with zero attached hydrogens (tertiary/aromatic N) is 2. The van der Waals surface area contributed by atoms with Gasteiger partial charge in [0.25, 0.3) is 0 Å². The minimum atomic E-state index is -1.00. The van der Waals surface area contributed by atoms with Gasteiger partial charge in [0.2, 0.25) is 0 Å². The molecule has 0 spiro atoms. The van der Waals surface area contributed by atoms with Gasteiger partial charge in [-0.3, -0.25) is 0 Å². The second kappa shape index (κ2) is 7.38. The molecule has 0 aliphatic carbocycles. The highest BCUT2D eigenvalue weighted by molar-refractivity contribution is 5.69. The molecule has 134 valence electrons. The number of carbonyl (C=O) groups excluding carboxylic acids is 2. The van der Waals surface area contributed by atoms with Gasteiger partial charge in [0, 0.05) is 19.1 Å². The number of hydrogen-bond acceptors (Lipinski definition) is 5. The van der Waals surface area contributed by atoms with Crippen molar-refractivity contribution in [2.24, 2.45) is 0 Å². The molecule has 0 aromatic rings. The molecule has 2 amide bonds. The van der Waals surface area contributed by atoms with Crippen molar-refractivity contribution >= 4 is 12.2 Å². The Kier molecular flexibility index (Phi) is 6.27. The largest absolute Gasteiger partial charge is 0.453 e. The van der Waals surface area contributed by atoms with Gasteiger partial charge in [-0.2, -0.15) is 0 Å². The molecule has 7 nitrogen and oxygen atoms in total. The zero-order valence-electron chi connectivity index (χ0n) is 15.1. The Labute approximate surface area is 138 Å². The maximum absolute atomic E-state index is 12.1. The number of aliphatic hydroxyl groups is 1. The van der Waals surface area contributed by atoms with Crippen molar-refractivity contribution in [1.29, 1.82) is 0 Å². The molecule has 0 unspecified atom stereocenters. The van der Waals surface area contributed by atoms with Crippen LogP contribution in [0, 0.1) is 0 Å². The van der Waals surface area contributed by atoms with Gasteiger partial charge in [-0.15, -0.1) is 0 Å². The topological polar surface area (TPSA) is 79.3 Å². The normalized spacial score (nSPS) is 16.9. The summed E-state index contributed by atoms with van der Waals surface area (Å²) in [6.45, 7) is 10.0. The number of methoxy groups -OCH3 is 1. The van der Waals surface area contributed by atoms with E-state index in [-0.39, 0.29) is 18.7 Å². The van der Waals surface area contributed by atoms with E-state index in [1.54, 1.807) is 23.6 Å². The third kappa shape index (κ3) is 6.64. The highest BCUT2D eigenvalue weighted by Crippen LogP contribution is 2.21. The third-order valence-electron chi connectivity index (χ3n) is 3.52. The Hall–Kier alpha value is -1.50. The number of ether oxygens (including phenoxy) is 2. The molecule has 1 heterocycles. The lowest BCUT2D eigenvalue weighted by Gasteiger charge is -2.40. The fourth-order valence-electron chi connectivity index (χ4n) is 2.56. The summed E-state index contributed by atoms with van der Waals surface area (Å²) in [4.78, 5) is 27.2. The van der Waals surface area contributed by atoms with Gasteiger partial charge in [-0.1, -0.05) is 0 Å². The molecular weight excluding hydrogens is 300 g/mol. The number of likely N-dealkylation sites (tertiary alicyclic amines) is 1. The maximum Gasteiger partial charge on any atom is 0.410 e. The van der Waals surface area contributed by atoms with Crippen LogP contribution < -0.4 is 0 Å². The Morgan fingerprint density at radius 1 is 1.17 bits per heavy atom. The molecule has 0 saturated carbocycles. The lowest BCUT2D eigenvalue weighted by atomic mass is 10.0. The van der Waals surface area contributed by atoms with Crippen LogP contribution in [0.1, 0.15) is 47.5 Å². The van der Waals surface area contributed by atoms with Crippen molar-refractivity contribution in [2.45, 2.75) is 64.7 Å². The minimum absolute atomic E-state index is 0.0624. The molecule has 1 saturated heterocycles. The molecule has 0 atom stereocenters. The zero-order chi connectivity index (χ0) is 17.8. The predicted molar refractivity (Wildman–Crippen MR) is 86.2 cm³/mol. The van der Waals surface area contributed by atoms with Crippen LogP contribution in [0.4, 0.5) is 9.59 Å². The Balaban J connectivity index is 2.64. The summed E-state index contributed by atoms with van der Waals surface area (Å²) in [7, 11) is 1.33. The van der Waals surface area contributed by atoms with Crippen LogP contribution in [0.3, 0.4) is 0 Å². The van der Waals surface area contributed by atoms with E-state index in [0.717, 1.165) is 0 Å². The number of piperidine rings is 1. The molecule has 23 heavy (non-hydrogen) atoms.